The van der Waals surface area contributed by atoms with Gasteiger partial charge in [-0.2, -0.15) is 46.8 Å². The van der Waals surface area contributed by atoms with Crippen LogP contribution in [-0.4, -0.2) is 52.2 Å². The summed E-state index contributed by atoms with van der Waals surface area (Å²) in [5, 5.41) is 25.2. The van der Waals surface area contributed by atoms with Gasteiger partial charge in [-0.15, -0.1) is 105 Å². The Hall–Kier alpha value is -13.6. The van der Waals surface area contributed by atoms with Gasteiger partial charge in [0, 0.05) is 82.2 Å². The van der Waals surface area contributed by atoms with Gasteiger partial charge < -0.3 is 19.8 Å². The molecule has 0 bridgehead atoms. The van der Waals surface area contributed by atoms with Gasteiger partial charge in [-0.3, -0.25) is 0 Å². The Bertz CT molecular complexity index is 7690. The molecular weight excluding hydrogens is 1870 g/mol. The van der Waals surface area contributed by atoms with Crippen LogP contribution in [-0.2, 0) is 40.8 Å². The van der Waals surface area contributed by atoms with Crippen molar-refractivity contribution < 1.29 is 40.8 Å². The first-order valence-electron chi connectivity index (χ1n) is 43.3. The number of benzene rings is 16. The van der Waals surface area contributed by atoms with Crippen LogP contribution in [0.15, 0.2) is 474 Å². The number of hydrogen-bond acceptors (Lipinski definition) is 8. The molecule has 0 fully saturated rings. The van der Waals surface area contributed by atoms with Crippen LogP contribution in [0.5, 0.6) is 0 Å². The molecule has 0 atom stereocenters. The van der Waals surface area contributed by atoms with Gasteiger partial charge >= 0.3 is 40.8 Å². The number of aromatic nitrogens is 4. The number of thiophene rings is 2. The van der Waals surface area contributed by atoms with Crippen LogP contribution in [0.4, 0.5) is 34.4 Å². The maximum Gasteiger partial charge on any atom is 2.00 e. The third-order valence-electron chi connectivity index (χ3n) is 25.9. The van der Waals surface area contributed by atoms with E-state index < -0.39 is 32.3 Å². The van der Waals surface area contributed by atoms with Crippen LogP contribution in [0, 0.1) is 24.3 Å². The molecule has 8 heterocycles. The normalized spacial score (nSPS) is 12.9. The molecule has 14 heteroatoms. The molecule has 0 radical (unpaired) electrons. The molecule has 16 aromatic carbocycles. The minimum atomic E-state index is -3.12. The molecule has 0 saturated heterocycles. The first kappa shape index (κ1) is 83.3. The van der Waals surface area contributed by atoms with E-state index in [1.807, 2.05) is 59.3 Å². The summed E-state index contributed by atoms with van der Waals surface area (Å²) >= 11 is 3.73. The topological polar surface area (TPSA) is 58.0 Å². The Morgan fingerprint density at radius 1 is 0.254 bits per heavy atom. The maximum atomic E-state index is 5.63. The van der Waals surface area contributed by atoms with Crippen LogP contribution < -0.4 is 92.8 Å². The Morgan fingerprint density at radius 2 is 0.592 bits per heavy atom. The molecular formula is C116H78N6Pd2S2Si4. The van der Waals surface area contributed by atoms with E-state index in [1.54, 1.807) is 0 Å². The Balaban J connectivity index is 0.000000155. The fourth-order valence-corrected chi connectivity index (χ4v) is 43.0. The zero-order valence-corrected chi connectivity index (χ0v) is 78.9. The second kappa shape index (κ2) is 35.4. The fraction of sp³-hybridized carbons (Fsp3) is 0. The first-order chi connectivity index (χ1) is 63.5. The van der Waals surface area contributed by atoms with Gasteiger partial charge in [0.15, 0.2) is 16.1 Å². The summed E-state index contributed by atoms with van der Waals surface area (Å²) in [5.41, 5.74) is 7.90. The molecule has 22 aromatic rings. The second-order valence-electron chi connectivity index (χ2n) is 32.5. The molecule has 6 nitrogen and oxygen atoms in total. The number of para-hydroxylation sites is 2. The van der Waals surface area contributed by atoms with Crippen LogP contribution in [0.2, 0.25) is 0 Å². The van der Waals surface area contributed by atoms with Gasteiger partial charge in [0.05, 0.1) is 4.70 Å². The van der Waals surface area contributed by atoms with E-state index in [4.69, 9.17) is 19.9 Å². The average Bonchev–Trinajstić information content (AvgIpc) is 1.17. The summed E-state index contributed by atoms with van der Waals surface area (Å²) < 4.78 is 5.02. The predicted molar refractivity (Wildman–Crippen MR) is 547 cm³/mol. The van der Waals surface area contributed by atoms with Crippen LogP contribution >= 0.6 is 22.7 Å². The third-order valence-corrected chi connectivity index (χ3v) is 47.2. The number of fused-ring (bicyclic) bond motifs is 12. The number of rotatable bonds is 16. The summed E-state index contributed by atoms with van der Waals surface area (Å²) in [5.74, 6) is 1.92. The van der Waals surface area contributed by atoms with E-state index in [2.05, 4.69) is 471 Å². The van der Waals surface area contributed by atoms with Gasteiger partial charge in [0.2, 0.25) is 0 Å². The molecule has 0 saturated carbocycles. The largest absolute Gasteiger partial charge is 2.00 e. The molecule has 6 aromatic heterocycles. The summed E-state index contributed by atoms with van der Waals surface area (Å²) in [4.78, 5) is 25.6. The van der Waals surface area contributed by atoms with E-state index in [9.17, 15) is 0 Å². The van der Waals surface area contributed by atoms with Crippen molar-refractivity contribution in [1.29, 1.82) is 0 Å². The maximum absolute atomic E-state index is 5.63. The van der Waals surface area contributed by atoms with Crippen molar-refractivity contribution in [2.45, 2.75) is 0 Å². The smallest absolute Gasteiger partial charge is 0.319 e. The van der Waals surface area contributed by atoms with Crippen molar-refractivity contribution in [2.24, 2.45) is 0 Å². The zero-order valence-electron chi connectivity index (χ0n) is 70.2. The van der Waals surface area contributed by atoms with Crippen molar-refractivity contribution >= 4 is 213 Å². The summed E-state index contributed by atoms with van der Waals surface area (Å²) in [7, 11) is -12.3. The summed E-state index contributed by atoms with van der Waals surface area (Å²) in [6.07, 6.45) is 7.95. The van der Waals surface area contributed by atoms with Gasteiger partial charge in [-0.05, 0) is 99.7 Å². The fourth-order valence-electron chi connectivity index (χ4n) is 20.6. The number of nitrogens with zero attached hydrogens (tertiary/aromatic N) is 6. The molecule has 0 unspecified atom stereocenters. The molecule has 130 heavy (non-hydrogen) atoms. The van der Waals surface area contributed by atoms with E-state index in [0.29, 0.717) is 0 Å². The summed E-state index contributed by atoms with van der Waals surface area (Å²) in [6.45, 7) is 0. The van der Waals surface area contributed by atoms with E-state index in [0.717, 1.165) is 77.6 Å². The quantitative estimate of drug-likeness (QED) is 0.0546. The number of anilines is 6. The van der Waals surface area contributed by atoms with Crippen molar-refractivity contribution in [3.63, 3.8) is 0 Å². The van der Waals surface area contributed by atoms with Crippen LogP contribution in [0.3, 0.4) is 0 Å². The van der Waals surface area contributed by atoms with Crippen molar-refractivity contribution in [1.82, 2.24) is 19.9 Å². The Kier molecular flexibility index (Phi) is 22.7. The molecule has 0 aliphatic carbocycles. The minimum absolute atomic E-state index is 0. The Labute approximate surface area is 796 Å². The monoisotopic (exact) mass is 1940 g/mol. The third kappa shape index (κ3) is 13.6. The first-order valence-corrected chi connectivity index (χ1v) is 52.9. The number of hydrogen-bond donors (Lipinski definition) is 0. The molecule has 2 aliphatic heterocycles. The van der Waals surface area contributed by atoms with Gasteiger partial charge in [-0.1, -0.05) is 351 Å². The van der Waals surface area contributed by atoms with Gasteiger partial charge in [-0.25, -0.2) is 9.97 Å². The van der Waals surface area contributed by atoms with E-state index in [1.165, 1.54) is 103 Å². The Morgan fingerprint density at radius 3 is 1.02 bits per heavy atom. The van der Waals surface area contributed by atoms with Crippen molar-refractivity contribution in [3.05, 3.63) is 498 Å². The predicted octanol–water partition coefficient (Wildman–Crippen LogP) is 17.3. The van der Waals surface area contributed by atoms with E-state index >= 15 is 0 Å². The SMILES string of the molecule is [Pd+2].[Pd+2].[c-]1c(-c2ccccn2)cccc1[Si](c1[c-]c(N2c3ccccc3[Si](c3ccccc3)(c3ccccc3)c3c2ncc2c3sc3ccccc32)ccc1)(c1ccccc1)c1ccccc1.[c-]1c(-c2ccccn2)cccc1[Si](c1[c-]c(N2c3ccccc3[Si](c3ccccc3)(c3ccccc3)c3c2ncc2sc4ccccc4c32)ccc1)(c1ccccc1)c1ccccc1. The van der Waals surface area contributed by atoms with E-state index in [-0.39, 0.29) is 40.8 Å². The number of pyridine rings is 4. The molecule has 0 N–H and O–H groups in total. The summed E-state index contributed by atoms with van der Waals surface area (Å²) in [6, 6.07) is 180. The molecule has 0 amide bonds. The van der Waals surface area contributed by atoms with Crippen molar-refractivity contribution in [2.75, 3.05) is 9.80 Å². The molecule has 0 spiro atoms. The average molecular weight is 1950 g/mol. The standard InChI is InChI=1S/2C58H39N3SSi2.2Pd/c1-5-23-44(24-6-1)63(45-25-7-2-8-26-45,48-31-19-21-42(39-48)52-34-17-18-38-59-52)49-32-20-22-43(40-49)61-53-35-14-16-37-55(53)64(46-27-9-3-10-28-46,47-29-11-4-12-30-47)57-56-51(41-60-58(57)61)50-33-13-15-36-54(50)62-56;1-5-23-44(24-6-1)63(45-25-7-2-8-26-45,48-31-19-21-42(39-48)51-34-17-18-38-59-51)49-32-20-22-43(40-49)61-52-35-14-16-37-55(52)64(46-27-9-3-10-28-46,47-29-11-4-12-30-47)57-56-50-33-13-15-36-53(50)62-54(56)41-60-58(57)61;;/h2*1-38,41H;;/q2*-2;2*+2. The zero-order chi connectivity index (χ0) is 85.0. The molecule has 2 aliphatic rings. The minimum Gasteiger partial charge on any atom is -0.319 e. The van der Waals surface area contributed by atoms with Crippen LogP contribution in [0.1, 0.15) is 0 Å². The van der Waals surface area contributed by atoms with Crippen LogP contribution in [0.25, 0.3) is 62.9 Å². The van der Waals surface area contributed by atoms with Gasteiger partial charge in [0.1, 0.15) is 27.8 Å². The molecule has 620 valence electrons. The second-order valence-corrected chi connectivity index (χ2v) is 49.5. The van der Waals surface area contributed by atoms with Gasteiger partial charge in [0.25, 0.3) is 0 Å². The van der Waals surface area contributed by atoms with Crippen molar-refractivity contribution in [3.8, 4) is 22.5 Å². The molecule has 24 rings (SSSR count).